The second kappa shape index (κ2) is 10.2. The number of piperazine rings is 1. The van der Waals surface area contributed by atoms with E-state index in [9.17, 15) is 4.79 Å². The number of hydrogen-bond donors (Lipinski definition) is 0. The highest BCUT2D eigenvalue weighted by molar-refractivity contribution is 5.77. The lowest BCUT2D eigenvalue weighted by molar-refractivity contribution is -0.132. The maximum Gasteiger partial charge on any atom is 0.244 e. The number of rotatable bonds is 6. The fourth-order valence-corrected chi connectivity index (χ4v) is 4.53. The van der Waals surface area contributed by atoms with Crippen LogP contribution >= 0.6 is 0 Å². The number of benzene rings is 2. The summed E-state index contributed by atoms with van der Waals surface area (Å²) in [7, 11) is 0. The number of aromatic nitrogens is 4. The highest BCUT2D eigenvalue weighted by atomic mass is 16.2. The van der Waals surface area contributed by atoms with Crippen LogP contribution in [0.25, 0.3) is 28.9 Å². The molecule has 1 saturated heterocycles. The van der Waals surface area contributed by atoms with Crippen molar-refractivity contribution in [3.63, 3.8) is 0 Å². The van der Waals surface area contributed by atoms with Crippen molar-refractivity contribution in [2.24, 2.45) is 0 Å². The Labute approximate surface area is 211 Å². The van der Waals surface area contributed by atoms with E-state index in [1.54, 1.807) is 4.68 Å². The van der Waals surface area contributed by atoms with E-state index >= 15 is 0 Å². The third-order valence-electron chi connectivity index (χ3n) is 6.59. The van der Waals surface area contributed by atoms with E-state index in [0.717, 1.165) is 41.2 Å². The van der Waals surface area contributed by atoms with Crippen LogP contribution in [0, 0.1) is 13.8 Å². The number of hydrogen-bond acceptors (Lipinski definition) is 5. The molecule has 4 aromatic rings. The quantitative estimate of drug-likeness (QED) is 0.405. The van der Waals surface area contributed by atoms with Gasteiger partial charge in [0.2, 0.25) is 5.91 Å². The van der Waals surface area contributed by atoms with Crippen molar-refractivity contribution in [3.05, 3.63) is 90.1 Å². The van der Waals surface area contributed by atoms with Gasteiger partial charge in [0.05, 0.1) is 0 Å². The van der Waals surface area contributed by atoms with E-state index in [1.807, 2.05) is 72.6 Å². The molecule has 36 heavy (non-hydrogen) atoms. The highest BCUT2D eigenvalue weighted by Crippen LogP contribution is 2.25. The zero-order valence-electron chi connectivity index (χ0n) is 20.8. The van der Waals surface area contributed by atoms with Crippen molar-refractivity contribution < 1.29 is 4.79 Å². The fourth-order valence-electron chi connectivity index (χ4n) is 4.53. The van der Waals surface area contributed by atoms with Crippen molar-refractivity contribution in [1.29, 1.82) is 0 Å². The van der Waals surface area contributed by atoms with Crippen molar-refractivity contribution in [2.75, 3.05) is 31.1 Å². The van der Waals surface area contributed by atoms with Crippen LogP contribution in [0.3, 0.4) is 0 Å². The lowest BCUT2D eigenvalue weighted by Gasteiger charge is -2.35. The molecule has 1 fully saturated rings. The summed E-state index contributed by atoms with van der Waals surface area (Å²) in [5.41, 5.74) is 5.21. The second-order valence-electron chi connectivity index (χ2n) is 9.12. The molecule has 0 N–H and O–H groups in total. The topological polar surface area (TPSA) is 67.2 Å². The number of carbonyl (C=O) groups is 1. The zero-order chi connectivity index (χ0) is 25.1. The normalized spacial score (nSPS) is 13.6. The molecule has 1 amide bonds. The zero-order valence-corrected chi connectivity index (χ0v) is 20.8. The van der Waals surface area contributed by atoms with Gasteiger partial charge in [0, 0.05) is 43.5 Å². The van der Waals surface area contributed by atoms with Gasteiger partial charge in [-0.25, -0.2) is 14.6 Å². The molecule has 2 aromatic carbocycles. The van der Waals surface area contributed by atoms with Gasteiger partial charge in [-0.05, 0) is 48.7 Å². The second-order valence-corrected chi connectivity index (χ2v) is 9.12. The Balaban J connectivity index is 1.37. The van der Waals surface area contributed by atoms with Gasteiger partial charge < -0.3 is 9.80 Å². The lowest BCUT2D eigenvalue weighted by Crippen LogP contribution is -2.50. The molecule has 2 aromatic heterocycles. The molecular weight excluding hydrogens is 448 g/mol. The van der Waals surface area contributed by atoms with Crippen LogP contribution in [0.2, 0.25) is 0 Å². The molecule has 0 spiro atoms. The van der Waals surface area contributed by atoms with E-state index in [0.29, 0.717) is 24.7 Å². The van der Waals surface area contributed by atoms with E-state index in [2.05, 4.69) is 35.5 Å². The summed E-state index contributed by atoms with van der Waals surface area (Å²) in [4.78, 5) is 26.8. The molecule has 1 aliphatic rings. The van der Waals surface area contributed by atoms with Crippen LogP contribution in [-0.4, -0.2) is 56.7 Å². The molecule has 182 valence electrons. The molecular formula is C29H30N6O. The molecule has 1 aliphatic heterocycles. The minimum Gasteiger partial charge on any atom is -0.353 e. The van der Waals surface area contributed by atoms with Crippen LogP contribution in [0.1, 0.15) is 16.7 Å². The standard InChI is InChI=1S/C29H30N6O/c1-4-23-10-11-25(19-22(23)3)29-31-28(24-8-6-5-7-9-24)32-35(29)20-27(36)34-16-14-33(15-17-34)26-18-21(2)12-13-30-26/h4-13,18-19H,1,14-17,20H2,2-3H3. The largest absolute Gasteiger partial charge is 0.353 e. The summed E-state index contributed by atoms with van der Waals surface area (Å²) >= 11 is 0. The first kappa shape index (κ1) is 23.5. The summed E-state index contributed by atoms with van der Waals surface area (Å²) < 4.78 is 1.74. The van der Waals surface area contributed by atoms with Crippen molar-refractivity contribution >= 4 is 17.8 Å². The fraction of sp³-hybridized carbons (Fsp3) is 0.241. The van der Waals surface area contributed by atoms with Crippen LogP contribution in [0.4, 0.5) is 5.82 Å². The van der Waals surface area contributed by atoms with Gasteiger partial charge >= 0.3 is 0 Å². The number of aryl methyl sites for hydroxylation is 2. The molecule has 0 bridgehead atoms. The number of amides is 1. The van der Waals surface area contributed by atoms with Crippen LogP contribution in [0.5, 0.6) is 0 Å². The molecule has 0 radical (unpaired) electrons. The average Bonchev–Trinajstić information content (AvgIpc) is 3.33. The molecule has 7 heteroatoms. The third-order valence-corrected chi connectivity index (χ3v) is 6.59. The molecule has 3 heterocycles. The molecule has 0 unspecified atom stereocenters. The monoisotopic (exact) mass is 478 g/mol. The molecule has 0 saturated carbocycles. The Bertz CT molecular complexity index is 1390. The van der Waals surface area contributed by atoms with E-state index < -0.39 is 0 Å². The van der Waals surface area contributed by atoms with Gasteiger partial charge in [0.1, 0.15) is 12.4 Å². The SMILES string of the molecule is C=Cc1ccc(-c2nc(-c3ccccc3)nn2CC(=O)N2CCN(c3cc(C)ccn3)CC2)cc1C. The summed E-state index contributed by atoms with van der Waals surface area (Å²) in [6.45, 7) is 10.9. The number of nitrogens with zero attached hydrogens (tertiary/aromatic N) is 6. The Kier molecular flexibility index (Phi) is 6.62. The Hall–Kier alpha value is -4.26. The Morgan fingerprint density at radius 3 is 2.44 bits per heavy atom. The number of pyridine rings is 1. The van der Waals surface area contributed by atoms with Crippen LogP contribution < -0.4 is 4.90 Å². The lowest BCUT2D eigenvalue weighted by atomic mass is 10.0. The maximum absolute atomic E-state index is 13.4. The predicted octanol–water partition coefficient (Wildman–Crippen LogP) is 4.62. The molecule has 0 atom stereocenters. The minimum atomic E-state index is 0.0389. The van der Waals surface area contributed by atoms with Gasteiger partial charge in [0.25, 0.3) is 0 Å². The smallest absolute Gasteiger partial charge is 0.244 e. The highest BCUT2D eigenvalue weighted by Gasteiger charge is 2.24. The molecule has 5 rings (SSSR count). The van der Waals surface area contributed by atoms with Crippen molar-refractivity contribution in [2.45, 2.75) is 20.4 Å². The number of carbonyl (C=O) groups excluding carboxylic acids is 1. The van der Waals surface area contributed by atoms with Gasteiger partial charge in [-0.2, -0.15) is 0 Å². The van der Waals surface area contributed by atoms with E-state index in [1.165, 1.54) is 5.56 Å². The van der Waals surface area contributed by atoms with E-state index in [-0.39, 0.29) is 12.5 Å². The summed E-state index contributed by atoms with van der Waals surface area (Å²) in [5.74, 6) is 2.30. The van der Waals surface area contributed by atoms with Gasteiger partial charge in [0.15, 0.2) is 11.6 Å². The Morgan fingerprint density at radius 2 is 1.75 bits per heavy atom. The first-order chi connectivity index (χ1) is 17.5. The molecule has 0 aliphatic carbocycles. The third kappa shape index (κ3) is 4.91. The van der Waals surface area contributed by atoms with E-state index in [4.69, 9.17) is 10.1 Å². The minimum absolute atomic E-state index is 0.0389. The summed E-state index contributed by atoms with van der Waals surface area (Å²) in [6.07, 6.45) is 3.68. The van der Waals surface area contributed by atoms with Crippen LogP contribution in [-0.2, 0) is 11.3 Å². The Morgan fingerprint density at radius 1 is 0.972 bits per heavy atom. The first-order valence-corrected chi connectivity index (χ1v) is 12.2. The van der Waals surface area contributed by atoms with Gasteiger partial charge in [-0.1, -0.05) is 55.1 Å². The first-order valence-electron chi connectivity index (χ1n) is 12.2. The van der Waals surface area contributed by atoms with Crippen molar-refractivity contribution in [3.8, 4) is 22.8 Å². The maximum atomic E-state index is 13.4. The van der Waals surface area contributed by atoms with Crippen LogP contribution in [0.15, 0.2) is 73.4 Å². The average molecular weight is 479 g/mol. The summed E-state index contributed by atoms with van der Waals surface area (Å²) in [5, 5.41) is 4.75. The van der Waals surface area contributed by atoms with Gasteiger partial charge in [-0.3, -0.25) is 4.79 Å². The van der Waals surface area contributed by atoms with Gasteiger partial charge in [-0.15, -0.1) is 5.10 Å². The van der Waals surface area contributed by atoms with Crippen molar-refractivity contribution in [1.82, 2.24) is 24.6 Å². The number of anilines is 1. The summed E-state index contributed by atoms with van der Waals surface area (Å²) in [6, 6.07) is 20.1. The predicted molar refractivity (Wildman–Crippen MR) is 143 cm³/mol. The molecule has 7 nitrogen and oxygen atoms in total.